The second-order valence-corrected chi connectivity index (χ2v) is 9.62. The molecule has 2 aliphatic rings. The highest BCUT2D eigenvalue weighted by Crippen LogP contribution is 2.64. The van der Waals surface area contributed by atoms with Crippen molar-refractivity contribution < 1.29 is 22.2 Å². The molecule has 0 saturated heterocycles. The SMILES string of the molecule is CC1(C)C2CCC1(CS(=O)(=O)OC(=O)CC(N)c1ccccc1)C(=O)C2. The molecular formula is C19H25NO5S. The Kier molecular flexibility index (Phi) is 4.73. The van der Waals surface area contributed by atoms with E-state index in [0.717, 1.165) is 12.0 Å². The van der Waals surface area contributed by atoms with E-state index in [4.69, 9.17) is 9.92 Å². The molecule has 3 atom stereocenters. The number of benzene rings is 1. The van der Waals surface area contributed by atoms with Gasteiger partial charge in [-0.15, -0.1) is 0 Å². The third kappa shape index (κ3) is 3.18. The fraction of sp³-hybridized carbons (Fsp3) is 0.579. The lowest BCUT2D eigenvalue weighted by molar-refractivity contribution is -0.135. The maximum atomic E-state index is 12.5. The summed E-state index contributed by atoms with van der Waals surface area (Å²) in [7, 11) is -4.17. The van der Waals surface area contributed by atoms with Gasteiger partial charge in [-0.3, -0.25) is 9.59 Å². The van der Waals surface area contributed by atoms with Crippen molar-refractivity contribution >= 4 is 21.9 Å². The van der Waals surface area contributed by atoms with Crippen LogP contribution in [0.4, 0.5) is 0 Å². The summed E-state index contributed by atoms with van der Waals surface area (Å²) in [5.74, 6) is -1.16. The summed E-state index contributed by atoms with van der Waals surface area (Å²) >= 11 is 0. The molecule has 3 unspecified atom stereocenters. The van der Waals surface area contributed by atoms with Gasteiger partial charge in [0, 0.05) is 12.5 Å². The molecule has 1 aromatic carbocycles. The smallest absolute Gasteiger partial charge is 0.324 e. The molecule has 26 heavy (non-hydrogen) atoms. The number of fused-ring (bicyclic) bond motifs is 2. The van der Waals surface area contributed by atoms with E-state index in [1.54, 1.807) is 24.3 Å². The predicted octanol–water partition coefficient (Wildman–Crippen LogP) is 2.34. The molecule has 1 aromatic rings. The lowest BCUT2D eigenvalue weighted by atomic mass is 9.70. The number of hydrogen-bond acceptors (Lipinski definition) is 6. The predicted molar refractivity (Wildman–Crippen MR) is 96.4 cm³/mol. The van der Waals surface area contributed by atoms with Crippen molar-refractivity contribution in [1.29, 1.82) is 0 Å². The summed E-state index contributed by atoms with van der Waals surface area (Å²) in [6, 6.07) is 8.31. The molecule has 2 saturated carbocycles. The van der Waals surface area contributed by atoms with Crippen molar-refractivity contribution in [3.63, 3.8) is 0 Å². The Hall–Kier alpha value is -1.73. The molecule has 3 rings (SSSR count). The van der Waals surface area contributed by atoms with Gasteiger partial charge in [-0.1, -0.05) is 44.2 Å². The summed E-state index contributed by atoms with van der Waals surface area (Å²) < 4.78 is 29.8. The highest BCUT2D eigenvalue weighted by atomic mass is 32.2. The second kappa shape index (κ2) is 6.46. The van der Waals surface area contributed by atoms with Crippen LogP contribution >= 0.6 is 0 Å². The van der Waals surface area contributed by atoms with Gasteiger partial charge in [0.05, 0.1) is 17.6 Å². The Morgan fingerprint density at radius 1 is 1.31 bits per heavy atom. The van der Waals surface area contributed by atoms with Gasteiger partial charge in [-0.25, -0.2) is 0 Å². The topological polar surface area (TPSA) is 104 Å². The van der Waals surface area contributed by atoms with Crippen molar-refractivity contribution in [2.24, 2.45) is 22.5 Å². The first-order valence-corrected chi connectivity index (χ1v) is 10.4. The molecule has 7 heteroatoms. The Bertz CT molecular complexity index is 818. The van der Waals surface area contributed by atoms with E-state index in [-0.39, 0.29) is 18.1 Å². The van der Waals surface area contributed by atoms with Crippen molar-refractivity contribution in [1.82, 2.24) is 0 Å². The molecule has 2 fully saturated rings. The quantitative estimate of drug-likeness (QED) is 0.761. The van der Waals surface area contributed by atoms with Crippen LogP contribution in [0.5, 0.6) is 0 Å². The van der Waals surface area contributed by atoms with Crippen LogP contribution in [0.2, 0.25) is 0 Å². The summed E-state index contributed by atoms with van der Waals surface area (Å²) in [5, 5.41) is 0. The van der Waals surface area contributed by atoms with Gasteiger partial charge in [0.2, 0.25) is 0 Å². The van der Waals surface area contributed by atoms with Crippen molar-refractivity contribution in [3.05, 3.63) is 35.9 Å². The largest absolute Gasteiger partial charge is 0.346 e. The van der Waals surface area contributed by atoms with E-state index >= 15 is 0 Å². The van der Waals surface area contributed by atoms with Gasteiger partial charge in [-0.05, 0) is 29.7 Å². The minimum atomic E-state index is -4.17. The zero-order valence-corrected chi connectivity index (χ0v) is 15.9. The second-order valence-electron chi connectivity index (χ2n) is 8.05. The molecule has 0 aromatic heterocycles. The molecule has 0 amide bonds. The van der Waals surface area contributed by atoms with Gasteiger partial charge < -0.3 is 9.92 Å². The molecule has 0 heterocycles. The third-order valence-electron chi connectivity index (χ3n) is 6.40. The zero-order valence-electron chi connectivity index (χ0n) is 15.1. The summed E-state index contributed by atoms with van der Waals surface area (Å²) in [4.78, 5) is 24.6. The standard InChI is InChI=1S/C19H25NO5S/c1-18(2)14-8-9-19(18,16(21)10-14)12-26(23,24)25-17(22)11-15(20)13-6-4-3-5-7-13/h3-7,14-15H,8-12,20H2,1-2H3. The molecule has 0 radical (unpaired) electrons. The fourth-order valence-electron chi connectivity index (χ4n) is 4.61. The summed E-state index contributed by atoms with van der Waals surface area (Å²) in [6.45, 7) is 3.89. The maximum Gasteiger partial charge on any atom is 0.324 e. The zero-order chi connectivity index (χ0) is 19.2. The Morgan fingerprint density at radius 3 is 2.50 bits per heavy atom. The summed E-state index contributed by atoms with van der Waals surface area (Å²) in [5.41, 5.74) is 5.34. The third-order valence-corrected chi connectivity index (χ3v) is 7.68. The average molecular weight is 379 g/mol. The van der Waals surface area contributed by atoms with E-state index in [2.05, 4.69) is 0 Å². The van der Waals surface area contributed by atoms with Gasteiger partial charge >= 0.3 is 16.1 Å². The molecule has 2 aliphatic carbocycles. The van der Waals surface area contributed by atoms with Gasteiger partial charge in [0.1, 0.15) is 5.78 Å². The van der Waals surface area contributed by atoms with E-state index in [1.165, 1.54) is 0 Å². The van der Waals surface area contributed by atoms with Crippen LogP contribution in [0, 0.1) is 16.7 Å². The normalized spacial score (nSPS) is 28.1. The van der Waals surface area contributed by atoms with Crippen LogP contribution in [0.25, 0.3) is 0 Å². The number of ketones is 1. The first-order chi connectivity index (χ1) is 12.1. The van der Waals surface area contributed by atoms with Crippen LogP contribution < -0.4 is 5.73 Å². The Labute approximate surface area is 154 Å². The lowest BCUT2D eigenvalue weighted by Gasteiger charge is -2.35. The average Bonchev–Trinajstić information content (AvgIpc) is 2.88. The number of nitrogens with two attached hydrogens (primary N) is 1. The molecule has 2 bridgehead atoms. The molecule has 0 aliphatic heterocycles. The molecule has 142 valence electrons. The minimum Gasteiger partial charge on any atom is -0.346 e. The van der Waals surface area contributed by atoms with Gasteiger partial charge in [-0.2, -0.15) is 8.42 Å². The fourth-order valence-corrected chi connectivity index (χ4v) is 6.30. The first kappa shape index (κ1) is 19.0. The monoisotopic (exact) mass is 379 g/mol. The number of carbonyl (C=O) groups excluding carboxylic acids is 2. The highest BCUT2D eigenvalue weighted by molar-refractivity contribution is 7.87. The van der Waals surface area contributed by atoms with E-state index in [0.29, 0.717) is 12.8 Å². The van der Waals surface area contributed by atoms with Crippen molar-refractivity contribution in [2.75, 3.05) is 5.75 Å². The molecule has 2 N–H and O–H groups in total. The van der Waals surface area contributed by atoms with E-state index in [9.17, 15) is 18.0 Å². The summed E-state index contributed by atoms with van der Waals surface area (Å²) in [6.07, 6.45) is 1.54. The van der Waals surface area contributed by atoms with Gasteiger partial charge in [0.15, 0.2) is 0 Å². The lowest BCUT2D eigenvalue weighted by Crippen LogP contribution is -2.43. The Morgan fingerprint density at radius 2 is 1.96 bits per heavy atom. The molecule has 0 spiro atoms. The Balaban J connectivity index is 1.68. The van der Waals surface area contributed by atoms with E-state index < -0.39 is 38.7 Å². The molecular weight excluding hydrogens is 354 g/mol. The molecule has 6 nitrogen and oxygen atoms in total. The van der Waals surface area contributed by atoms with Crippen molar-refractivity contribution in [2.45, 2.75) is 45.6 Å². The van der Waals surface area contributed by atoms with Crippen LogP contribution in [0.1, 0.15) is 51.1 Å². The number of carbonyl (C=O) groups is 2. The van der Waals surface area contributed by atoms with Crippen molar-refractivity contribution in [3.8, 4) is 0 Å². The maximum absolute atomic E-state index is 12.5. The first-order valence-electron chi connectivity index (χ1n) is 8.86. The number of Topliss-reactive ketones (excluding diaryl/α,β-unsaturated/α-hetero) is 1. The number of hydrogen-bond donors (Lipinski definition) is 1. The van der Waals surface area contributed by atoms with E-state index in [1.807, 2.05) is 19.9 Å². The number of rotatable bonds is 6. The minimum absolute atomic E-state index is 0.0284. The van der Waals surface area contributed by atoms with Crippen LogP contribution in [-0.2, 0) is 23.9 Å². The van der Waals surface area contributed by atoms with Crippen LogP contribution in [0.15, 0.2) is 30.3 Å². The highest BCUT2D eigenvalue weighted by Gasteiger charge is 2.65. The van der Waals surface area contributed by atoms with Crippen LogP contribution in [0.3, 0.4) is 0 Å². The van der Waals surface area contributed by atoms with Crippen LogP contribution in [-0.4, -0.2) is 25.9 Å². The van der Waals surface area contributed by atoms with Gasteiger partial charge in [0.25, 0.3) is 0 Å².